The van der Waals surface area contributed by atoms with Crippen molar-refractivity contribution in [1.29, 1.82) is 0 Å². The van der Waals surface area contributed by atoms with Gasteiger partial charge in [-0.1, -0.05) is 23.2 Å². The molecule has 0 aromatic heterocycles. The summed E-state index contributed by atoms with van der Waals surface area (Å²) in [5.74, 6) is -1.32. The lowest BCUT2D eigenvalue weighted by Gasteiger charge is -2.20. The fourth-order valence-electron chi connectivity index (χ4n) is 2.78. The molecule has 3 rings (SSSR count). The number of ether oxygens (including phenoxy) is 3. The molecule has 2 aromatic carbocycles. The van der Waals surface area contributed by atoms with Crippen molar-refractivity contribution in [2.75, 3.05) is 6.61 Å². The molecule has 0 radical (unpaired) electrons. The van der Waals surface area contributed by atoms with Gasteiger partial charge in [-0.25, -0.2) is 14.0 Å². The molecule has 0 aliphatic carbocycles. The first-order chi connectivity index (χ1) is 13.3. The summed E-state index contributed by atoms with van der Waals surface area (Å²) in [5.41, 5.74) is 0.523. The number of alkyl halides is 1. The minimum absolute atomic E-state index is 0.230. The number of hydrogen-bond donors (Lipinski definition) is 0. The predicted octanol–water partition coefficient (Wildman–Crippen LogP) is 4.50. The first kappa shape index (κ1) is 20.6. The molecule has 2 aromatic rings. The Morgan fingerprint density at radius 3 is 2.00 bits per heavy atom. The third-order valence-corrected chi connectivity index (χ3v) is 4.80. The Bertz CT molecular complexity index is 841. The minimum atomic E-state index is -1.55. The van der Waals surface area contributed by atoms with Gasteiger partial charge in [0.1, 0.15) is 12.7 Å². The van der Waals surface area contributed by atoms with Crippen LogP contribution < -0.4 is 0 Å². The lowest BCUT2D eigenvalue weighted by Crippen LogP contribution is -2.37. The van der Waals surface area contributed by atoms with Gasteiger partial charge >= 0.3 is 11.9 Å². The second-order valence-corrected chi connectivity index (χ2v) is 7.18. The number of halogens is 3. The van der Waals surface area contributed by atoms with E-state index in [0.29, 0.717) is 15.6 Å². The van der Waals surface area contributed by atoms with E-state index >= 15 is 0 Å². The highest BCUT2D eigenvalue weighted by molar-refractivity contribution is 6.30. The zero-order valence-corrected chi connectivity index (χ0v) is 16.3. The highest BCUT2D eigenvalue weighted by Gasteiger charge is 2.46. The number of hydrogen-bond acceptors (Lipinski definition) is 5. The molecule has 1 aliphatic rings. The fraction of sp³-hybridized carbons (Fsp3) is 0.300. The van der Waals surface area contributed by atoms with Gasteiger partial charge in [0.25, 0.3) is 0 Å². The molecule has 4 atom stereocenters. The smallest absolute Gasteiger partial charge is 0.338 e. The molecule has 1 heterocycles. The molecule has 1 unspecified atom stereocenters. The molecule has 0 saturated carbocycles. The van der Waals surface area contributed by atoms with Crippen molar-refractivity contribution in [2.24, 2.45) is 0 Å². The van der Waals surface area contributed by atoms with Crippen molar-refractivity contribution < 1.29 is 28.2 Å². The van der Waals surface area contributed by atoms with E-state index in [9.17, 15) is 14.0 Å². The Balaban J connectivity index is 1.63. The number of benzene rings is 2. The number of carbonyl (C=O) groups excluding carboxylic acids is 2. The fourth-order valence-corrected chi connectivity index (χ4v) is 3.03. The maximum atomic E-state index is 14.5. The Morgan fingerprint density at radius 1 is 0.964 bits per heavy atom. The summed E-state index contributed by atoms with van der Waals surface area (Å²) in [6.07, 6.45) is -4.47. The summed E-state index contributed by atoms with van der Waals surface area (Å²) in [6, 6.07) is 12.2. The predicted molar refractivity (Wildman–Crippen MR) is 102 cm³/mol. The monoisotopic (exact) mass is 426 g/mol. The molecule has 28 heavy (non-hydrogen) atoms. The first-order valence-corrected chi connectivity index (χ1v) is 9.29. The number of carbonyl (C=O) groups is 2. The maximum absolute atomic E-state index is 14.5. The van der Waals surface area contributed by atoms with Crippen molar-refractivity contribution >= 4 is 35.1 Å². The second-order valence-electron chi connectivity index (χ2n) is 6.31. The van der Waals surface area contributed by atoms with Crippen molar-refractivity contribution in [3.8, 4) is 0 Å². The van der Waals surface area contributed by atoms with Gasteiger partial charge in [0.15, 0.2) is 12.3 Å². The molecule has 0 bridgehead atoms. The summed E-state index contributed by atoms with van der Waals surface area (Å²) in [5, 5.41) is 0.948. The summed E-state index contributed by atoms with van der Waals surface area (Å²) < 4.78 is 30.5. The summed E-state index contributed by atoms with van der Waals surface area (Å²) in [7, 11) is 0. The van der Waals surface area contributed by atoms with E-state index in [1.54, 1.807) is 12.1 Å². The quantitative estimate of drug-likeness (QED) is 0.658. The zero-order valence-electron chi connectivity index (χ0n) is 14.8. The van der Waals surface area contributed by atoms with Crippen molar-refractivity contribution in [1.82, 2.24) is 0 Å². The van der Waals surface area contributed by atoms with Gasteiger partial charge < -0.3 is 14.2 Å². The van der Waals surface area contributed by atoms with Crippen molar-refractivity contribution in [3.63, 3.8) is 0 Å². The third kappa shape index (κ3) is 4.82. The molecule has 1 saturated heterocycles. The third-order valence-electron chi connectivity index (χ3n) is 4.30. The SMILES string of the molecule is CC1O[C@H](COC(=O)c2ccc(Cl)cc2)[C@@H](OC(=O)c2ccc(Cl)cc2)[C@@H]1F. The lowest BCUT2D eigenvalue weighted by atomic mass is 10.1. The summed E-state index contributed by atoms with van der Waals surface area (Å²) >= 11 is 11.6. The molecule has 0 spiro atoms. The van der Waals surface area contributed by atoms with Crippen LogP contribution in [0.4, 0.5) is 4.39 Å². The molecule has 1 aliphatic heterocycles. The van der Waals surface area contributed by atoms with Crippen molar-refractivity contribution in [3.05, 3.63) is 69.7 Å². The molecule has 8 heteroatoms. The average Bonchev–Trinajstić information content (AvgIpc) is 2.95. The first-order valence-electron chi connectivity index (χ1n) is 8.54. The zero-order chi connectivity index (χ0) is 20.3. The van der Waals surface area contributed by atoms with Crippen LogP contribution in [0.25, 0.3) is 0 Å². The van der Waals surface area contributed by atoms with Crippen molar-refractivity contribution in [2.45, 2.75) is 31.4 Å². The molecule has 148 valence electrons. The number of esters is 2. The minimum Gasteiger partial charge on any atom is -0.459 e. The highest BCUT2D eigenvalue weighted by atomic mass is 35.5. The van der Waals surface area contributed by atoms with Gasteiger partial charge in [0.2, 0.25) is 0 Å². The second kappa shape index (κ2) is 8.90. The highest BCUT2D eigenvalue weighted by Crippen LogP contribution is 2.28. The van der Waals surface area contributed by atoms with Gasteiger partial charge in [-0.2, -0.15) is 0 Å². The van der Waals surface area contributed by atoms with E-state index in [1.165, 1.54) is 43.3 Å². The normalized spacial score (nSPS) is 24.0. The van der Waals surface area contributed by atoms with Crippen LogP contribution >= 0.6 is 23.2 Å². The van der Waals surface area contributed by atoms with Crippen LogP contribution in [0.2, 0.25) is 10.0 Å². The molecule has 5 nitrogen and oxygen atoms in total. The van der Waals surface area contributed by atoms with E-state index in [2.05, 4.69) is 0 Å². The Morgan fingerprint density at radius 2 is 1.46 bits per heavy atom. The van der Waals surface area contributed by atoms with E-state index in [0.717, 1.165) is 0 Å². The van der Waals surface area contributed by atoms with Crippen LogP contribution in [0, 0.1) is 0 Å². The van der Waals surface area contributed by atoms with Crippen LogP contribution in [0.15, 0.2) is 48.5 Å². The van der Waals surface area contributed by atoms with E-state index in [-0.39, 0.29) is 12.2 Å². The maximum Gasteiger partial charge on any atom is 0.338 e. The molecule has 1 fully saturated rings. The number of rotatable bonds is 5. The van der Waals surface area contributed by atoms with Gasteiger partial charge in [-0.3, -0.25) is 0 Å². The Kier molecular flexibility index (Phi) is 6.54. The van der Waals surface area contributed by atoms with E-state index < -0.39 is 36.4 Å². The van der Waals surface area contributed by atoms with E-state index in [1.807, 2.05) is 0 Å². The Labute approximate surface area is 171 Å². The summed E-state index contributed by atoms with van der Waals surface area (Å²) in [6.45, 7) is 1.26. The van der Waals surface area contributed by atoms with Gasteiger partial charge in [0, 0.05) is 10.0 Å². The van der Waals surface area contributed by atoms with Crippen LogP contribution in [0.3, 0.4) is 0 Å². The average molecular weight is 427 g/mol. The molecular weight excluding hydrogens is 410 g/mol. The molecule has 0 amide bonds. The van der Waals surface area contributed by atoms with Crippen LogP contribution in [0.1, 0.15) is 27.6 Å². The molecule has 0 N–H and O–H groups in total. The van der Waals surface area contributed by atoms with Gasteiger partial charge in [0.05, 0.1) is 17.2 Å². The summed E-state index contributed by atoms with van der Waals surface area (Å²) in [4.78, 5) is 24.4. The van der Waals surface area contributed by atoms with Gasteiger partial charge in [-0.15, -0.1) is 0 Å². The van der Waals surface area contributed by atoms with Crippen LogP contribution in [-0.4, -0.2) is 43.0 Å². The topological polar surface area (TPSA) is 61.8 Å². The Hall–Kier alpha value is -2.15. The lowest BCUT2D eigenvalue weighted by molar-refractivity contribution is -0.0403. The van der Waals surface area contributed by atoms with Gasteiger partial charge in [-0.05, 0) is 55.5 Å². The largest absolute Gasteiger partial charge is 0.459 e. The van der Waals surface area contributed by atoms with Crippen LogP contribution in [-0.2, 0) is 14.2 Å². The molecular formula is C20H17Cl2FO5. The van der Waals surface area contributed by atoms with E-state index in [4.69, 9.17) is 37.4 Å². The van der Waals surface area contributed by atoms with Crippen LogP contribution in [0.5, 0.6) is 0 Å². The standard InChI is InChI=1S/C20H17Cl2FO5/c1-11-17(23)18(28-20(25)13-4-8-15(22)9-5-13)16(27-11)10-26-19(24)12-2-6-14(21)7-3-12/h2-9,11,16-18H,10H2,1H3/t11?,16-,17-,18-/m1/s1.